The zero-order chi connectivity index (χ0) is 22.7. The van der Waals surface area contributed by atoms with E-state index in [0.29, 0.717) is 49.4 Å². The second-order valence-electron chi connectivity index (χ2n) is 6.41. The topological polar surface area (TPSA) is 98.2 Å². The molecular formula is C20H19ClN2O6S2. The summed E-state index contributed by atoms with van der Waals surface area (Å²) in [5.74, 6) is 0.0754. The minimum absolute atomic E-state index is 0.0401. The number of fused-ring (bicyclic) bond motifs is 1. The van der Waals surface area contributed by atoms with Crippen molar-refractivity contribution in [1.82, 2.24) is 9.88 Å². The van der Waals surface area contributed by atoms with E-state index < -0.39 is 5.97 Å². The Morgan fingerprint density at radius 3 is 2.58 bits per heavy atom. The molecule has 0 bridgehead atoms. The van der Waals surface area contributed by atoms with Crippen molar-refractivity contribution in [2.24, 2.45) is 0 Å². The summed E-state index contributed by atoms with van der Waals surface area (Å²) in [6.45, 7) is 0.239. The number of carboxylic acids is 1. The molecule has 164 valence electrons. The van der Waals surface area contributed by atoms with E-state index in [-0.39, 0.29) is 24.0 Å². The first-order valence-electron chi connectivity index (χ1n) is 9.07. The number of aromatic nitrogens is 1. The molecule has 0 saturated carbocycles. The van der Waals surface area contributed by atoms with Crippen LogP contribution in [0.5, 0.6) is 17.2 Å². The van der Waals surface area contributed by atoms with E-state index in [9.17, 15) is 9.59 Å². The lowest BCUT2D eigenvalue weighted by molar-refractivity contribution is -0.137. The van der Waals surface area contributed by atoms with Crippen molar-refractivity contribution in [3.63, 3.8) is 0 Å². The van der Waals surface area contributed by atoms with Gasteiger partial charge in [0, 0.05) is 30.0 Å². The molecule has 31 heavy (non-hydrogen) atoms. The van der Waals surface area contributed by atoms with Crippen LogP contribution < -0.4 is 14.2 Å². The zero-order valence-electron chi connectivity index (χ0n) is 16.9. The number of carboxylic acid groups (broad SMARTS) is 1. The molecule has 1 saturated heterocycles. The molecule has 0 spiro atoms. The van der Waals surface area contributed by atoms with Crippen molar-refractivity contribution in [1.29, 1.82) is 0 Å². The van der Waals surface area contributed by atoms with E-state index in [1.54, 1.807) is 18.2 Å². The summed E-state index contributed by atoms with van der Waals surface area (Å²) in [5.41, 5.74) is 1.04. The van der Waals surface area contributed by atoms with Crippen LogP contribution in [-0.4, -0.2) is 59.1 Å². The summed E-state index contributed by atoms with van der Waals surface area (Å²) in [4.78, 5) is 29.7. The Morgan fingerprint density at radius 2 is 1.97 bits per heavy atom. The van der Waals surface area contributed by atoms with Gasteiger partial charge in [-0.2, -0.15) is 0 Å². The van der Waals surface area contributed by atoms with Gasteiger partial charge in [-0.3, -0.25) is 14.5 Å². The summed E-state index contributed by atoms with van der Waals surface area (Å²) in [6, 6.07) is 3.44. The molecule has 0 radical (unpaired) electrons. The second kappa shape index (κ2) is 9.71. The molecule has 11 heteroatoms. The van der Waals surface area contributed by atoms with Crippen LogP contribution in [0, 0.1) is 0 Å². The minimum Gasteiger partial charge on any atom is -0.493 e. The molecule has 8 nitrogen and oxygen atoms in total. The van der Waals surface area contributed by atoms with Crippen LogP contribution in [0.25, 0.3) is 17.0 Å². The standard InChI is InChI=1S/C20H19ClN2O6S2/c1-27-13-9-12-11(16(28-2)17(13)29-3)7-10(18(21)22-12)8-14-19(26)23(20(30)31-14)6-4-5-15(24)25/h7-9H,4-6H2,1-3H3,(H,24,25)/b14-8-. The lowest BCUT2D eigenvalue weighted by Crippen LogP contribution is -2.29. The van der Waals surface area contributed by atoms with E-state index in [0.717, 1.165) is 11.8 Å². The monoisotopic (exact) mass is 482 g/mol. The van der Waals surface area contributed by atoms with Gasteiger partial charge < -0.3 is 19.3 Å². The van der Waals surface area contributed by atoms with Gasteiger partial charge in [-0.05, 0) is 18.6 Å². The molecule has 1 aliphatic rings. The predicted octanol–water partition coefficient (Wildman–Crippen LogP) is 3.98. The Labute approximate surface area is 193 Å². The molecule has 1 aromatic heterocycles. The molecular weight excluding hydrogens is 464 g/mol. The van der Waals surface area contributed by atoms with Crippen LogP contribution in [0.4, 0.5) is 0 Å². The SMILES string of the molecule is COc1cc2nc(Cl)c(/C=C3\SC(=S)N(CCCC(=O)O)C3=O)cc2c(OC)c1OC. The summed E-state index contributed by atoms with van der Waals surface area (Å²) in [7, 11) is 4.52. The molecule has 1 fully saturated rings. The molecule has 0 atom stereocenters. The van der Waals surface area contributed by atoms with E-state index in [4.69, 9.17) is 43.1 Å². The highest BCUT2D eigenvalue weighted by atomic mass is 35.5. The number of amides is 1. The number of carbonyl (C=O) groups is 2. The molecule has 0 unspecified atom stereocenters. The van der Waals surface area contributed by atoms with Crippen molar-refractivity contribution >= 4 is 68.8 Å². The van der Waals surface area contributed by atoms with Gasteiger partial charge in [-0.15, -0.1) is 0 Å². The predicted molar refractivity (Wildman–Crippen MR) is 123 cm³/mol. The molecule has 1 N–H and O–H groups in total. The fraction of sp³-hybridized carbons (Fsp3) is 0.300. The third-order valence-electron chi connectivity index (χ3n) is 4.54. The highest BCUT2D eigenvalue weighted by molar-refractivity contribution is 8.26. The van der Waals surface area contributed by atoms with Crippen molar-refractivity contribution in [3.05, 3.63) is 27.8 Å². The van der Waals surface area contributed by atoms with Crippen LogP contribution in [0.2, 0.25) is 5.15 Å². The number of pyridine rings is 1. The summed E-state index contributed by atoms with van der Waals surface area (Å²) < 4.78 is 16.7. The van der Waals surface area contributed by atoms with Crippen LogP contribution in [0.15, 0.2) is 17.0 Å². The highest BCUT2D eigenvalue weighted by Crippen LogP contribution is 2.44. The molecule has 2 heterocycles. The van der Waals surface area contributed by atoms with Crippen LogP contribution >= 0.6 is 35.6 Å². The average molecular weight is 483 g/mol. The van der Waals surface area contributed by atoms with Gasteiger partial charge in [0.05, 0.1) is 31.8 Å². The quantitative estimate of drug-likeness (QED) is 0.340. The lowest BCUT2D eigenvalue weighted by atomic mass is 10.1. The van der Waals surface area contributed by atoms with E-state index >= 15 is 0 Å². The van der Waals surface area contributed by atoms with Gasteiger partial charge in [0.15, 0.2) is 11.5 Å². The Kier molecular flexibility index (Phi) is 7.24. The van der Waals surface area contributed by atoms with Crippen molar-refractivity contribution in [2.75, 3.05) is 27.9 Å². The third kappa shape index (κ3) is 4.70. The number of nitrogens with zero attached hydrogens (tertiary/aromatic N) is 2. The number of methoxy groups -OCH3 is 3. The van der Waals surface area contributed by atoms with Crippen LogP contribution in [0.3, 0.4) is 0 Å². The maximum Gasteiger partial charge on any atom is 0.303 e. The number of ether oxygens (including phenoxy) is 3. The molecule has 2 aromatic rings. The van der Waals surface area contributed by atoms with Gasteiger partial charge >= 0.3 is 5.97 Å². The maximum atomic E-state index is 12.8. The normalized spacial score (nSPS) is 15.1. The minimum atomic E-state index is -0.920. The van der Waals surface area contributed by atoms with Gasteiger partial charge in [0.1, 0.15) is 9.47 Å². The van der Waals surface area contributed by atoms with Gasteiger partial charge in [0.2, 0.25) is 5.75 Å². The van der Waals surface area contributed by atoms with E-state index in [1.165, 1.54) is 26.2 Å². The maximum absolute atomic E-state index is 12.8. The van der Waals surface area contributed by atoms with Crippen molar-refractivity contribution < 1.29 is 28.9 Å². The average Bonchev–Trinajstić information content (AvgIpc) is 3.00. The Morgan fingerprint density at radius 1 is 1.26 bits per heavy atom. The number of thioether (sulfide) groups is 1. The Bertz CT molecular complexity index is 1110. The first kappa shape index (κ1) is 23.1. The Balaban J connectivity index is 2.00. The lowest BCUT2D eigenvalue weighted by Gasteiger charge is -2.15. The van der Waals surface area contributed by atoms with Gasteiger partial charge in [-0.25, -0.2) is 4.98 Å². The number of carbonyl (C=O) groups excluding carboxylic acids is 1. The Hall–Kier alpha value is -2.56. The van der Waals surface area contributed by atoms with E-state index in [2.05, 4.69) is 4.98 Å². The number of halogens is 1. The van der Waals surface area contributed by atoms with E-state index in [1.807, 2.05) is 0 Å². The molecule has 1 amide bonds. The third-order valence-corrected chi connectivity index (χ3v) is 6.22. The summed E-state index contributed by atoms with van der Waals surface area (Å²) in [6.07, 6.45) is 1.88. The summed E-state index contributed by atoms with van der Waals surface area (Å²) in [5, 5.41) is 9.62. The summed E-state index contributed by atoms with van der Waals surface area (Å²) >= 11 is 12.8. The number of hydrogen-bond acceptors (Lipinski definition) is 8. The number of rotatable bonds is 8. The molecule has 3 rings (SSSR count). The first-order chi connectivity index (χ1) is 14.8. The van der Waals surface area contributed by atoms with Gasteiger partial charge in [0.25, 0.3) is 5.91 Å². The smallest absolute Gasteiger partial charge is 0.303 e. The molecule has 1 aromatic carbocycles. The fourth-order valence-corrected chi connectivity index (χ4v) is 4.61. The fourth-order valence-electron chi connectivity index (χ4n) is 3.11. The largest absolute Gasteiger partial charge is 0.493 e. The number of thiocarbonyl (C=S) groups is 1. The number of aliphatic carboxylic acids is 1. The second-order valence-corrected chi connectivity index (χ2v) is 8.44. The number of hydrogen-bond donors (Lipinski definition) is 1. The zero-order valence-corrected chi connectivity index (χ0v) is 19.3. The first-order valence-corrected chi connectivity index (χ1v) is 10.7. The van der Waals surface area contributed by atoms with Crippen molar-refractivity contribution in [3.8, 4) is 17.2 Å². The number of benzene rings is 1. The highest BCUT2D eigenvalue weighted by Gasteiger charge is 2.32. The molecule has 1 aliphatic heterocycles. The van der Waals surface area contributed by atoms with Gasteiger partial charge in [-0.1, -0.05) is 35.6 Å². The van der Waals surface area contributed by atoms with Crippen LogP contribution in [-0.2, 0) is 9.59 Å². The van der Waals surface area contributed by atoms with Crippen LogP contribution in [0.1, 0.15) is 18.4 Å². The van der Waals surface area contributed by atoms with Crippen molar-refractivity contribution in [2.45, 2.75) is 12.8 Å². The molecule has 0 aliphatic carbocycles.